The van der Waals surface area contributed by atoms with Crippen LogP contribution in [0.3, 0.4) is 0 Å². The zero-order chi connectivity index (χ0) is 12.4. The van der Waals surface area contributed by atoms with E-state index in [4.69, 9.17) is 0 Å². The van der Waals surface area contributed by atoms with E-state index >= 15 is 0 Å². The number of nitrogens with zero attached hydrogens (tertiary/aromatic N) is 3. The number of para-hydroxylation sites is 2. The monoisotopic (exact) mass is 281 g/mol. The van der Waals surface area contributed by atoms with Gasteiger partial charge in [0.2, 0.25) is 0 Å². The minimum atomic E-state index is -1.19. The Morgan fingerprint density at radius 3 is 2.63 bits per heavy atom. The minimum absolute atomic E-state index is 0. The van der Waals surface area contributed by atoms with Crippen molar-refractivity contribution in [2.24, 2.45) is 0 Å². The average Bonchev–Trinajstić information content (AvgIpc) is 2.84. The van der Waals surface area contributed by atoms with Crippen molar-refractivity contribution in [3.8, 4) is 0 Å². The van der Waals surface area contributed by atoms with Crippen LogP contribution in [-0.4, -0.2) is 41.2 Å². The number of fused-ring (bicyclic) bond motifs is 1. The number of hydrogen-bond acceptors (Lipinski definition) is 3. The molecule has 1 atom stereocenters. The highest BCUT2D eigenvalue weighted by atomic mass is 32.2. The minimum Gasteiger partial charge on any atom is -0.260 e. The lowest BCUT2D eigenvalue weighted by atomic mass is 10.3. The van der Waals surface area contributed by atoms with Gasteiger partial charge in [-0.2, -0.15) is 0 Å². The highest BCUT2D eigenvalue weighted by molar-refractivity contribution is 7.82. The molecule has 3 rings (SSSR count). The van der Waals surface area contributed by atoms with E-state index in [2.05, 4.69) is 9.97 Å². The predicted octanol–water partition coefficient (Wildman–Crippen LogP) is 1.76. The summed E-state index contributed by atoms with van der Waals surface area (Å²) in [5, 5.41) is 0. The average molecular weight is 282 g/mol. The summed E-state index contributed by atoms with van der Waals surface area (Å²) in [6.45, 7) is 0. The van der Waals surface area contributed by atoms with E-state index in [1.807, 2.05) is 42.5 Å². The fraction of sp³-hybridized carbons (Fsp3) is 0.0769. The molecule has 6 heteroatoms. The molecule has 0 N–H and O–H groups in total. The summed E-state index contributed by atoms with van der Waals surface area (Å²) < 4.78 is 14.0. The molecule has 19 heavy (non-hydrogen) atoms. The summed E-state index contributed by atoms with van der Waals surface area (Å²) in [6.07, 6.45) is 3.32. The fourth-order valence-electron chi connectivity index (χ4n) is 1.78. The van der Waals surface area contributed by atoms with Crippen molar-refractivity contribution in [3.63, 3.8) is 0 Å². The SMILES string of the molecule is O=S(Cc1ccccn1)n1cnc2ccccc21.[Mg]. The Kier molecular flexibility index (Phi) is 4.68. The zero-order valence-corrected chi connectivity index (χ0v) is 12.5. The third kappa shape index (κ3) is 3.02. The molecular formula is C13H11MgN3OS. The smallest absolute Gasteiger partial charge is 0.131 e. The van der Waals surface area contributed by atoms with E-state index in [1.165, 1.54) is 0 Å². The van der Waals surface area contributed by atoms with Gasteiger partial charge in [-0.1, -0.05) is 18.2 Å². The molecule has 0 bridgehead atoms. The van der Waals surface area contributed by atoms with Gasteiger partial charge in [0.15, 0.2) is 0 Å². The standard InChI is InChI=1S/C13H11N3OS.Mg/c17-18(9-11-5-3-4-8-14-11)16-10-15-12-6-1-2-7-13(12)16;/h1-8,10H,9H2;. The first kappa shape index (κ1) is 14.2. The van der Waals surface area contributed by atoms with Crippen LogP contribution >= 0.6 is 0 Å². The molecule has 92 valence electrons. The molecule has 0 saturated carbocycles. The molecule has 2 heterocycles. The van der Waals surface area contributed by atoms with Crippen LogP contribution in [-0.2, 0) is 16.7 Å². The van der Waals surface area contributed by atoms with Crippen molar-refractivity contribution in [2.75, 3.05) is 0 Å². The first-order chi connectivity index (χ1) is 8.84. The molecule has 1 unspecified atom stereocenters. The maximum Gasteiger partial charge on any atom is 0.131 e. The molecular weight excluding hydrogens is 271 g/mol. The molecule has 4 nitrogen and oxygen atoms in total. The summed E-state index contributed by atoms with van der Waals surface area (Å²) in [5.41, 5.74) is 2.55. The molecule has 0 fully saturated rings. The lowest BCUT2D eigenvalue weighted by Gasteiger charge is -2.03. The number of pyridine rings is 1. The second-order valence-electron chi connectivity index (χ2n) is 3.85. The van der Waals surface area contributed by atoms with E-state index in [1.54, 1.807) is 16.5 Å². The largest absolute Gasteiger partial charge is 0.260 e. The number of hydrogen-bond donors (Lipinski definition) is 0. The van der Waals surface area contributed by atoms with Gasteiger partial charge in [0, 0.05) is 29.2 Å². The van der Waals surface area contributed by atoms with Gasteiger partial charge in [-0.25, -0.2) is 13.2 Å². The number of imidazole rings is 1. The molecule has 0 amide bonds. The van der Waals surface area contributed by atoms with Crippen LogP contribution in [0.2, 0.25) is 0 Å². The molecule has 0 saturated heterocycles. The van der Waals surface area contributed by atoms with E-state index in [9.17, 15) is 4.21 Å². The Labute approximate surface area is 129 Å². The van der Waals surface area contributed by atoms with E-state index in [-0.39, 0.29) is 23.1 Å². The Morgan fingerprint density at radius 1 is 1.05 bits per heavy atom. The Balaban J connectivity index is 0.00000133. The zero-order valence-electron chi connectivity index (χ0n) is 10.3. The maximum absolute atomic E-state index is 12.3. The van der Waals surface area contributed by atoms with Crippen molar-refractivity contribution in [3.05, 3.63) is 60.7 Å². The lowest BCUT2D eigenvalue weighted by molar-refractivity contribution is 0.677. The van der Waals surface area contributed by atoms with Gasteiger partial charge < -0.3 is 0 Å². The third-order valence-corrected chi connectivity index (χ3v) is 3.91. The van der Waals surface area contributed by atoms with Gasteiger partial charge in [0.1, 0.15) is 17.3 Å². The van der Waals surface area contributed by atoms with E-state index in [0.29, 0.717) is 5.75 Å². The van der Waals surface area contributed by atoms with Gasteiger partial charge in [0.25, 0.3) is 0 Å². The van der Waals surface area contributed by atoms with Crippen molar-refractivity contribution in [2.45, 2.75) is 5.75 Å². The second kappa shape index (κ2) is 6.27. The van der Waals surface area contributed by atoms with Crippen molar-refractivity contribution in [1.82, 2.24) is 13.9 Å². The molecule has 0 aliphatic heterocycles. The summed E-state index contributed by atoms with van der Waals surface area (Å²) in [6, 6.07) is 13.3. The Hall–Kier alpha value is -1.24. The lowest BCUT2D eigenvalue weighted by Crippen LogP contribution is -2.06. The topological polar surface area (TPSA) is 47.8 Å². The summed E-state index contributed by atoms with van der Waals surface area (Å²) in [4.78, 5) is 8.41. The van der Waals surface area contributed by atoms with Crippen LogP contribution < -0.4 is 0 Å². The first-order valence-corrected chi connectivity index (χ1v) is 6.83. The summed E-state index contributed by atoms with van der Waals surface area (Å²) >= 11 is 0. The Morgan fingerprint density at radius 2 is 1.84 bits per heavy atom. The number of aromatic nitrogens is 3. The predicted molar refractivity (Wildman–Crippen MR) is 77.0 cm³/mol. The molecule has 2 aromatic heterocycles. The van der Waals surface area contributed by atoms with Gasteiger partial charge in [-0.3, -0.25) is 4.98 Å². The number of benzene rings is 1. The molecule has 0 aliphatic rings. The van der Waals surface area contributed by atoms with Crippen molar-refractivity contribution < 1.29 is 4.21 Å². The van der Waals surface area contributed by atoms with Crippen LogP contribution in [0.15, 0.2) is 55.0 Å². The van der Waals surface area contributed by atoms with Gasteiger partial charge in [0.05, 0.1) is 22.5 Å². The van der Waals surface area contributed by atoms with Crippen LogP contribution in [0.5, 0.6) is 0 Å². The molecule has 2 radical (unpaired) electrons. The van der Waals surface area contributed by atoms with Crippen LogP contribution in [0.4, 0.5) is 0 Å². The highest BCUT2D eigenvalue weighted by Gasteiger charge is 2.09. The van der Waals surface area contributed by atoms with Crippen LogP contribution in [0.25, 0.3) is 11.0 Å². The van der Waals surface area contributed by atoms with Gasteiger partial charge in [-0.15, -0.1) is 0 Å². The van der Waals surface area contributed by atoms with E-state index in [0.717, 1.165) is 16.7 Å². The van der Waals surface area contributed by atoms with Gasteiger partial charge in [-0.05, 0) is 24.3 Å². The number of rotatable bonds is 3. The molecule has 0 aliphatic carbocycles. The second-order valence-corrected chi connectivity index (χ2v) is 5.17. The fourth-order valence-corrected chi connectivity index (χ4v) is 2.87. The van der Waals surface area contributed by atoms with Crippen molar-refractivity contribution >= 4 is 45.1 Å². The van der Waals surface area contributed by atoms with Gasteiger partial charge >= 0.3 is 0 Å². The normalized spacial score (nSPS) is 12.0. The highest BCUT2D eigenvalue weighted by Crippen LogP contribution is 2.14. The summed E-state index contributed by atoms with van der Waals surface area (Å²) in [7, 11) is -1.19. The molecule has 0 spiro atoms. The first-order valence-electron chi connectivity index (χ1n) is 5.55. The molecule has 1 aromatic carbocycles. The third-order valence-electron chi connectivity index (χ3n) is 2.64. The summed E-state index contributed by atoms with van der Waals surface area (Å²) in [5.74, 6) is 0.390. The van der Waals surface area contributed by atoms with Crippen LogP contribution in [0.1, 0.15) is 5.69 Å². The Bertz CT molecular complexity index is 699. The van der Waals surface area contributed by atoms with Crippen LogP contribution in [0, 0.1) is 0 Å². The van der Waals surface area contributed by atoms with E-state index < -0.39 is 11.0 Å². The molecule has 3 aromatic rings. The van der Waals surface area contributed by atoms with Crippen molar-refractivity contribution in [1.29, 1.82) is 0 Å². The maximum atomic E-state index is 12.3. The quantitative estimate of drug-likeness (QED) is 0.687.